The highest BCUT2D eigenvalue weighted by atomic mass is 32.1. The van der Waals surface area contributed by atoms with E-state index in [9.17, 15) is 4.79 Å². The number of amides is 1. The van der Waals surface area contributed by atoms with Crippen LogP contribution in [0.25, 0.3) is 21.2 Å². The Bertz CT molecular complexity index is 795. The summed E-state index contributed by atoms with van der Waals surface area (Å²) in [5.74, 6) is 0.276. The number of hydrogen-bond acceptors (Lipinski definition) is 4. The van der Waals surface area contributed by atoms with Gasteiger partial charge in [0.25, 0.3) is 0 Å². The van der Waals surface area contributed by atoms with Crippen molar-refractivity contribution in [2.45, 2.75) is 0 Å². The highest BCUT2D eigenvalue weighted by molar-refractivity contribution is 7.17. The molecule has 0 saturated carbocycles. The number of rotatable bonds is 2. The maximum absolute atomic E-state index is 10.7. The Hall–Kier alpha value is -2.53. The van der Waals surface area contributed by atoms with Crippen molar-refractivity contribution in [2.24, 2.45) is 5.73 Å². The summed E-state index contributed by atoms with van der Waals surface area (Å²) in [4.78, 5) is 10.7. The van der Waals surface area contributed by atoms with Crippen LogP contribution in [0.5, 0.6) is 5.75 Å². The van der Waals surface area contributed by atoms with Crippen molar-refractivity contribution < 1.29 is 9.53 Å². The Labute approximate surface area is 119 Å². The average molecular weight is 284 g/mol. The highest BCUT2D eigenvalue weighted by Crippen LogP contribution is 2.31. The molecule has 0 unspecified atom stereocenters. The minimum Gasteiger partial charge on any atom is -0.408 e. The Kier molecular flexibility index (Phi) is 3.04. The Morgan fingerprint density at radius 1 is 1.05 bits per heavy atom. The molecule has 1 aromatic heterocycles. The molecule has 3 rings (SSSR count). The SMILES string of the molecule is NC(=O)Oc1ccc(-c2ccc3sccc3c2)cc1N. The lowest BCUT2D eigenvalue weighted by Crippen LogP contribution is -2.16. The van der Waals surface area contributed by atoms with E-state index in [0.29, 0.717) is 5.69 Å². The van der Waals surface area contributed by atoms with Gasteiger partial charge in [-0.05, 0) is 52.2 Å². The standard InChI is InChI=1S/C15H12N2O2S/c16-12-8-10(1-3-13(12)19-15(17)18)9-2-4-14-11(7-9)5-6-20-14/h1-8H,16H2,(H2,17,18). The molecular weight excluding hydrogens is 272 g/mol. The molecule has 0 aliphatic rings. The molecule has 0 radical (unpaired) electrons. The van der Waals surface area contributed by atoms with Gasteiger partial charge in [-0.2, -0.15) is 0 Å². The highest BCUT2D eigenvalue weighted by Gasteiger charge is 2.07. The summed E-state index contributed by atoms with van der Waals surface area (Å²) in [7, 11) is 0. The fraction of sp³-hybridized carbons (Fsp3) is 0. The van der Waals surface area contributed by atoms with Crippen LogP contribution in [-0.2, 0) is 0 Å². The number of nitrogens with two attached hydrogens (primary N) is 2. The van der Waals surface area contributed by atoms with Gasteiger partial charge in [-0.3, -0.25) is 0 Å². The Balaban J connectivity index is 2.01. The van der Waals surface area contributed by atoms with Gasteiger partial charge >= 0.3 is 6.09 Å². The number of nitrogen functional groups attached to an aromatic ring is 1. The van der Waals surface area contributed by atoms with Crippen molar-refractivity contribution >= 4 is 33.2 Å². The molecule has 0 bridgehead atoms. The summed E-state index contributed by atoms with van der Waals surface area (Å²) in [5.41, 5.74) is 13.3. The lowest BCUT2D eigenvalue weighted by Gasteiger charge is -2.08. The van der Waals surface area contributed by atoms with Gasteiger partial charge in [0, 0.05) is 4.70 Å². The van der Waals surface area contributed by atoms with E-state index in [0.717, 1.165) is 11.1 Å². The normalized spacial score (nSPS) is 10.6. The van der Waals surface area contributed by atoms with Crippen molar-refractivity contribution in [3.63, 3.8) is 0 Å². The first-order valence-electron chi connectivity index (χ1n) is 5.98. The van der Waals surface area contributed by atoms with Crippen LogP contribution in [0.2, 0.25) is 0 Å². The van der Waals surface area contributed by atoms with Crippen LogP contribution in [0, 0.1) is 0 Å². The Morgan fingerprint density at radius 3 is 2.55 bits per heavy atom. The van der Waals surface area contributed by atoms with Gasteiger partial charge in [-0.1, -0.05) is 12.1 Å². The quantitative estimate of drug-likeness (QED) is 0.706. The summed E-state index contributed by atoms with van der Waals surface area (Å²) < 4.78 is 6.05. The lowest BCUT2D eigenvalue weighted by atomic mass is 10.0. The van der Waals surface area contributed by atoms with Crippen molar-refractivity contribution in [1.29, 1.82) is 0 Å². The maximum Gasteiger partial charge on any atom is 0.410 e. The van der Waals surface area contributed by atoms with Crippen LogP contribution in [0.15, 0.2) is 47.8 Å². The second-order valence-corrected chi connectivity index (χ2v) is 5.29. The molecule has 5 heteroatoms. The zero-order valence-electron chi connectivity index (χ0n) is 10.5. The number of primary amides is 1. The predicted octanol–water partition coefficient (Wildman–Crippen LogP) is 3.61. The van der Waals surface area contributed by atoms with E-state index < -0.39 is 6.09 Å². The molecule has 0 aliphatic heterocycles. The number of thiophene rings is 1. The van der Waals surface area contributed by atoms with Crippen molar-refractivity contribution in [1.82, 2.24) is 0 Å². The van der Waals surface area contributed by atoms with Crippen molar-refractivity contribution in [3.05, 3.63) is 47.8 Å². The molecule has 2 aromatic carbocycles. The molecule has 0 spiro atoms. The third-order valence-corrected chi connectivity index (χ3v) is 3.90. The second-order valence-electron chi connectivity index (χ2n) is 4.35. The number of benzene rings is 2. The van der Waals surface area contributed by atoms with E-state index in [1.165, 1.54) is 10.1 Å². The van der Waals surface area contributed by atoms with Crippen LogP contribution >= 0.6 is 11.3 Å². The van der Waals surface area contributed by atoms with E-state index in [1.54, 1.807) is 23.5 Å². The van der Waals surface area contributed by atoms with Gasteiger partial charge in [0.15, 0.2) is 5.75 Å². The minimum atomic E-state index is -0.871. The molecule has 20 heavy (non-hydrogen) atoms. The third-order valence-electron chi connectivity index (χ3n) is 3.01. The molecule has 1 amide bonds. The van der Waals surface area contributed by atoms with E-state index in [-0.39, 0.29) is 5.75 Å². The molecule has 100 valence electrons. The number of anilines is 1. The largest absolute Gasteiger partial charge is 0.410 e. The molecule has 3 aromatic rings. The van der Waals surface area contributed by atoms with Gasteiger partial charge < -0.3 is 16.2 Å². The third kappa shape index (κ3) is 2.31. The first-order valence-corrected chi connectivity index (χ1v) is 6.86. The van der Waals surface area contributed by atoms with E-state index in [1.807, 2.05) is 12.1 Å². The van der Waals surface area contributed by atoms with Gasteiger partial charge in [0.1, 0.15) is 0 Å². The zero-order chi connectivity index (χ0) is 14.1. The van der Waals surface area contributed by atoms with E-state index in [2.05, 4.69) is 23.6 Å². The second kappa shape index (κ2) is 4.86. The molecule has 4 N–H and O–H groups in total. The van der Waals surface area contributed by atoms with Gasteiger partial charge in [0.05, 0.1) is 5.69 Å². The predicted molar refractivity (Wildman–Crippen MR) is 81.9 cm³/mol. The van der Waals surface area contributed by atoms with Crippen LogP contribution in [0.3, 0.4) is 0 Å². The zero-order valence-corrected chi connectivity index (χ0v) is 11.3. The fourth-order valence-corrected chi connectivity index (χ4v) is 2.85. The Morgan fingerprint density at radius 2 is 1.80 bits per heavy atom. The number of fused-ring (bicyclic) bond motifs is 1. The molecule has 1 heterocycles. The van der Waals surface area contributed by atoms with E-state index >= 15 is 0 Å². The van der Waals surface area contributed by atoms with Crippen LogP contribution < -0.4 is 16.2 Å². The molecule has 0 fully saturated rings. The molecule has 0 saturated heterocycles. The number of ether oxygens (including phenoxy) is 1. The fourth-order valence-electron chi connectivity index (χ4n) is 2.08. The topological polar surface area (TPSA) is 78.3 Å². The minimum absolute atomic E-state index is 0.276. The molecule has 4 nitrogen and oxygen atoms in total. The van der Waals surface area contributed by atoms with Gasteiger partial charge in [0.2, 0.25) is 0 Å². The average Bonchev–Trinajstić information content (AvgIpc) is 2.87. The molecular formula is C15H12N2O2S. The summed E-state index contributed by atoms with van der Waals surface area (Å²) in [6.07, 6.45) is -0.871. The van der Waals surface area contributed by atoms with Crippen molar-refractivity contribution in [3.8, 4) is 16.9 Å². The number of carbonyl (C=O) groups excluding carboxylic acids is 1. The van der Waals surface area contributed by atoms with Crippen molar-refractivity contribution in [2.75, 3.05) is 5.73 Å². The molecule has 0 aliphatic carbocycles. The number of carbonyl (C=O) groups is 1. The van der Waals surface area contributed by atoms with Gasteiger partial charge in [-0.15, -0.1) is 11.3 Å². The smallest absolute Gasteiger partial charge is 0.408 e. The van der Waals surface area contributed by atoms with E-state index in [4.69, 9.17) is 16.2 Å². The lowest BCUT2D eigenvalue weighted by molar-refractivity contribution is 0.211. The van der Waals surface area contributed by atoms with Crippen LogP contribution in [0.1, 0.15) is 0 Å². The van der Waals surface area contributed by atoms with Gasteiger partial charge in [-0.25, -0.2) is 4.79 Å². The summed E-state index contributed by atoms with van der Waals surface area (Å²) in [5, 5.41) is 3.26. The monoisotopic (exact) mass is 284 g/mol. The first-order chi connectivity index (χ1) is 9.63. The summed E-state index contributed by atoms with van der Waals surface area (Å²) >= 11 is 1.71. The van der Waals surface area contributed by atoms with Crippen LogP contribution in [0.4, 0.5) is 10.5 Å². The summed E-state index contributed by atoms with van der Waals surface area (Å²) in [6.45, 7) is 0. The maximum atomic E-state index is 10.7. The first kappa shape index (κ1) is 12.5. The molecule has 0 atom stereocenters. The number of hydrogen-bond donors (Lipinski definition) is 2. The summed E-state index contributed by atoms with van der Waals surface area (Å²) in [6, 6.07) is 13.6. The van der Waals surface area contributed by atoms with Crippen LogP contribution in [-0.4, -0.2) is 6.09 Å².